The van der Waals surface area contributed by atoms with Crippen LogP contribution in [0.4, 0.5) is 5.82 Å². The molecule has 0 aromatic carbocycles. The molecule has 3 unspecified atom stereocenters. The Hall–Kier alpha value is -3.32. The lowest BCUT2D eigenvalue weighted by molar-refractivity contribution is -0.161. The number of aromatic nitrogens is 2. The van der Waals surface area contributed by atoms with Crippen molar-refractivity contribution in [3.8, 4) is 0 Å². The lowest BCUT2D eigenvalue weighted by atomic mass is 9.99. The summed E-state index contributed by atoms with van der Waals surface area (Å²) < 4.78 is 56.8. The molecule has 21 heteroatoms. The second-order valence-electron chi connectivity index (χ2n) is 19.3. The molecule has 0 aliphatic carbocycles. The first-order chi connectivity index (χ1) is 35.4. The van der Waals surface area contributed by atoms with Crippen molar-refractivity contribution in [1.29, 1.82) is 0 Å². The fourth-order valence-corrected chi connectivity index (χ4v) is 10.00. The van der Waals surface area contributed by atoms with Gasteiger partial charge in [0.15, 0.2) is 12.3 Å². The average Bonchev–Trinajstić information content (AvgIpc) is 3.63. The predicted octanol–water partition coefficient (Wildman–Crippen LogP) is 10.6. The van der Waals surface area contributed by atoms with Crippen LogP contribution in [0.2, 0.25) is 0 Å². The number of carbonyl (C=O) groups is 2. The quantitative estimate of drug-likeness (QED) is 0.0153. The number of phosphoric acid groups is 2. The van der Waals surface area contributed by atoms with Crippen LogP contribution in [0.25, 0.3) is 0 Å². The highest BCUT2D eigenvalue weighted by molar-refractivity contribution is 7.61. The lowest BCUT2D eigenvalue weighted by Crippen LogP contribution is -2.36. The predicted molar refractivity (Wildman–Crippen MR) is 285 cm³/mol. The zero-order valence-corrected chi connectivity index (χ0v) is 46.2. The monoisotopic (exact) mass is 1090 g/mol. The molecule has 19 nitrogen and oxygen atoms in total. The molecule has 1 fully saturated rings. The fourth-order valence-electron chi connectivity index (χ4n) is 7.89. The summed E-state index contributed by atoms with van der Waals surface area (Å²) in [5.41, 5.74) is 4.59. The third kappa shape index (κ3) is 33.0. The van der Waals surface area contributed by atoms with Crippen LogP contribution in [0.1, 0.15) is 194 Å². The third-order valence-corrected chi connectivity index (χ3v) is 15.1. The molecule has 74 heavy (non-hydrogen) atoms. The minimum atomic E-state index is -5.44. The summed E-state index contributed by atoms with van der Waals surface area (Å²) >= 11 is 0. The van der Waals surface area contributed by atoms with Gasteiger partial charge >= 0.3 is 33.3 Å². The van der Waals surface area contributed by atoms with E-state index in [1.54, 1.807) is 6.92 Å². The van der Waals surface area contributed by atoms with E-state index in [-0.39, 0.29) is 24.8 Å². The summed E-state index contributed by atoms with van der Waals surface area (Å²) in [6, 6.07) is 1.24. The number of esters is 2. The Morgan fingerprint density at radius 2 is 1.23 bits per heavy atom. The van der Waals surface area contributed by atoms with Crippen molar-refractivity contribution in [2.24, 2.45) is 5.92 Å². The van der Waals surface area contributed by atoms with Gasteiger partial charge in [0.2, 0.25) is 0 Å². The zero-order valence-electron chi connectivity index (χ0n) is 44.4. The highest BCUT2D eigenvalue weighted by Gasteiger charge is 2.46. The second-order valence-corrected chi connectivity index (χ2v) is 22.3. The highest BCUT2D eigenvalue weighted by Crippen LogP contribution is 2.60. The number of hydrogen-bond acceptors (Lipinski definition) is 16. The minimum Gasteiger partial charge on any atom is -0.462 e. The molecule has 0 amide bonds. The number of ether oxygens (including phenoxy) is 3. The summed E-state index contributed by atoms with van der Waals surface area (Å²) in [6.45, 7) is 4.02. The molecule has 9 atom stereocenters. The number of rotatable bonds is 44. The van der Waals surface area contributed by atoms with Gasteiger partial charge < -0.3 is 45.1 Å². The van der Waals surface area contributed by atoms with E-state index >= 15 is 0 Å². The van der Waals surface area contributed by atoms with Crippen LogP contribution in [-0.4, -0.2) is 96.9 Å². The number of unbranched alkanes of at least 4 members (excludes halogenated alkanes) is 15. The van der Waals surface area contributed by atoms with E-state index < -0.39 is 83.7 Å². The minimum absolute atomic E-state index is 0.0335. The number of anilines is 1. The van der Waals surface area contributed by atoms with Crippen molar-refractivity contribution < 1.29 is 71.4 Å². The molecule has 0 radical (unpaired) electrons. The SMILES string of the molecule is CCC(C)CCCCCCCCCCCCCCCCC(=O)O[C@H](COC(=O)CCC/C=C\C/C=C\C/C=C\C/C=C\CCC[C@@H](C)O)COP(=O)(O)OP(=O)(O)OC[C@H]1O[C@@H](n2ccc(N)nc2=O)[C@H](O)[C@@H]1O. The van der Waals surface area contributed by atoms with Gasteiger partial charge in [-0.25, -0.2) is 13.9 Å². The maximum absolute atomic E-state index is 12.9. The van der Waals surface area contributed by atoms with Crippen LogP contribution in [0.15, 0.2) is 65.7 Å². The number of hydrogen-bond donors (Lipinski definition) is 6. The van der Waals surface area contributed by atoms with Gasteiger partial charge in [-0.2, -0.15) is 9.29 Å². The molecule has 2 heterocycles. The van der Waals surface area contributed by atoms with Crippen molar-refractivity contribution >= 4 is 33.4 Å². The smallest absolute Gasteiger partial charge is 0.462 e. The Kier molecular flexibility index (Phi) is 36.1. The number of nitrogens with zero attached hydrogens (tertiary/aromatic N) is 2. The van der Waals surface area contributed by atoms with E-state index in [1.807, 2.05) is 12.2 Å². The van der Waals surface area contributed by atoms with Gasteiger partial charge in [-0.05, 0) is 76.7 Å². The van der Waals surface area contributed by atoms with Gasteiger partial charge in [0.1, 0.15) is 30.7 Å². The first kappa shape index (κ1) is 66.8. The van der Waals surface area contributed by atoms with Crippen molar-refractivity contribution in [3.05, 3.63) is 71.4 Å². The van der Waals surface area contributed by atoms with E-state index in [4.69, 9.17) is 29.0 Å². The number of aliphatic hydroxyl groups is 3. The van der Waals surface area contributed by atoms with Crippen LogP contribution in [0, 0.1) is 5.92 Å². The Balaban J connectivity index is 1.80. The number of carbonyl (C=O) groups excluding carboxylic acids is 2. The fraction of sp³-hybridized carbons (Fsp3) is 0.736. The summed E-state index contributed by atoms with van der Waals surface area (Å²) in [6.07, 6.45) is 34.6. The summed E-state index contributed by atoms with van der Waals surface area (Å²) in [7, 11) is -10.9. The van der Waals surface area contributed by atoms with Gasteiger partial charge in [-0.15, -0.1) is 0 Å². The van der Waals surface area contributed by atoms with Crippen molar-refractivity contribution in [1.82, 2.24) is 9.55 Å². The molecule has 0 bridgehead atoms. The Labute approximate surface area is 440 Å². The Bertz CT molecular complexity index is 1960. The van der Waals surface area contributed by atoms with E-state index in [1.165, 1.54) is 76.7 Å². The van der Waals surface area contributed by atoms with Crippen LogP contribution in [0.5, 0.6) is 0 Å². The molecular formula is C53H91N3O16P2. The molecule has 1 aromatic rings. The van der Waals surface area contributed by atoms with Gasteiger partial charge in [-0.3, -0.25) is 23.2 Å². The maximum Gasteiger partial charge on any atom is 0.481 e. The normalized spacial score (nSPS) is 20.1. The number of nitrogen functional groups attached to an aromatic ring is 1. The summed E-state index contributed by atoms with van der Waals surface area (Å²) in [5, 5.41) is 30.2. The molecular weight excluding hydrogens is 997 g/mol. The zero-order chi connectivity index (χ0) is 54.5. The molecule has 0 saturated carbocycles. The van der Waals surface area contributed by atoms with Gasteiger partial charge in [0.25, 0.3) is 0 Å². The van der Waals surface area contributed by atoms with Crippen LogP contribution >= 0.6 is 15.6 Å². The van der Waals surface area contributed by atoms with E-state index in [2.05, 4.69) is 59.6 Å². The highest BCUT2D eigenvalue weighted by atomic mass is 31.3. The molecule has 1 aromatic heterocycles. The number of nitrogens with two attached hydrogens (primary N) is 1. The molecule has 1 saturated heterocycles. The first-order valence-electron chi connectivity index (χ1n) is 27.1. The third-order valence-electron chi connectivity index (χ3n) is 12.5. The second kappa shape index (κ2) is 40.0. The molecule has 0 spiro atoms. The van der Waals surface area contributed by atoms with Gasteiger partial charge in [0.05, 0.1) is 19.3 Å². The van der Waals surface area contributed by atoms with Crippen molar-refractivity contribution in [2.45, 2.75) is 224 Å². The van der Waals surface area contributed by atoms with Crippen molar-refractivity contribution in [3.63, 3.8) is 0 Å². The summed E-state index contributed by atoms with van der Waals surface area (Å²) in [4.78, 5) is 62.0. The summed E-state index contributed by atoms with van der Waals surface area (Å²) in [5.74, 6) is -0.539. The van der Waals surface area contributed by atoms with E-state index in [0.29, 0.717) is 19.3 Å². The van der Waals surface area contributed by atoms with Crippen LogP contribution < -0.4 is 11.4 Å². The molecule has 1 aliphatic heterocycles. The topological polar surface area (TPSA) is 286 Å². The number of aliphatic hydroxyl groups excluding tert-OH is 3. The van der Waals surface area contributed by atoms with Gasteiger partial charge in [0, 0.05) is 19.0 Å². The molecule has 1 aliphatic rings. The van der Waals surface area contributed by atoms with Crippen LogP contribution in [-0.2, 0) is 46.3 Å². The number of phosphoric ester groups is 2. The number of allylic oxidation sites excluding steroid dienone is 8. The van der Waals surface area contributed by atoms with Crippen LogP contribution in [0.3, 0.4) is 0 Å². The van der Waals surface area contributed by atoms with Crippen molar-refractivity contribution in [2.75, 3.05) is 25.6 Å². The lowest BCUT2D eigenvalue weighted by Gasteiger charge is -2.21. The first-order valence-corrected chi connectivity index (χ1v) is 30.1. The Morgan fingerprint density at radius 3 is 1.78 bits per heavy atom. The maximum atomic E-state index is 12.9. The van der Waals surface area contributed by atoms with E-state index in [0.717, 1.165) is 80.9 Å². The molecule has 424 valence electrons. The molecule has 7 N–H and O–H groups in total. The van der Waals surface area contributed by atoms with E-state index in [9.17, 15) is 48.6 Å². The average molecular weight is 1090 g/mol. The van der Waals surface area contributed by atoms with Gasteiger partial charge in [-0.1, -0.05) is 159 Å². The Morgan fingerprint density at radius 1 is 0.716 bits per heavy atom. The largest absolute Gasteiger partial charge is 0.481 e. The standard InChI is InChI=1S/C53H91N3O16P2/c1-4-43(2)34-30-26-22-18-14-10-8-9-13-17-21-25-29-33-37-49(59)70-45(40-67-48(58)36-32-28-24-20-16-12-7-5-6-11-15-19-23-27-31-35-44(3)57)41-68-73(63,64)72-74(65,66)69-42-46-50(60)51(61)52(71-46)56-39-38-47(54)55-53(56)62/h6-7,11-12,19-20,23-24,38-39,43-46,50-52,57,60-61H,4-5,8-10,13-18,21-22,25-37,40-42H2,1-3H3,(H,63,64)(H,65,66)(H2,54,55,62)/b11-6-,12-7-,23-19-,24-20-/t43?,44-,45-,46-,50-,51-,52-/m1/s1. The molecule has 2 rings (SSSR count).